The highest BCUT2D eigenvalue weighted by atomic mass is 32.3. The summed E-state index contributed by atoms with van der Waals surface area (Å²) in [6.07, 6.45) is 1.02. The third-order valence-electron chi connectivity index (χ3n) is 2.80. The zero-order valence-corrected chi connectivity index (χ0v) is 11.9. The van der Waals surface area contributed by atoms with Crippen LogP contribution in [0, 0.1) is 0 Å². The topological polar surface area (TPSA) is 26.8 Å². The van der Waals surface area contributed by atoms with Gasteiger partial charge in [0.1, 0.15) is 0 Å². The Morgan fingerprint density at radius 2 is 1.27 bits per heavy atom. The highest BCUT2D eigenvalue weighted by Gasteiger charge is 2.27. The smallest absolute Gasteiger partial charge is 0.0438 e. The van der Waals surface area contributed by atoms with Gasteiger partial charge >= 0.3 is 0 Å². The highest BCUT2D eigenvalue weighted by Crippen LogP contribution is 2.18. The molecule has 0 aliphatic heterocycles. The maximum atomic E-state index is 12.9. The summed E-state index contributed by atoms with van der Waals surface area (Å²) in [7, 11) is 3.30. The summed E-state index contributed by atoms with van der Waals surface area (Å²) < 4.78 is 18.8. The Balaban J connectivity index is 4.93. The van der Waals surface area contributed by atoms with Gasteiger partial charge < -0.3 is 0 Å². The lowest BCUT2D eigenvalue weighted by Crippen LogP contribution is -2.55. The number of hydrogen-bond acceptors (Lipinski definition) is 1. The molecule has 0 bridgehead atoms. The lowest BCUT2D eigenvalue weighted by Gasteiger charge is -2.45. The van der Waals surface area contributed by atoms with Crippen LogP contribution in [0.2, 0.25) is 0 Å². The van der Waals surface area contributed by atoms with Crippen LogP contribution >= 0.6 is 0 Å². The minimum absolute atomic E-state index is 0.801. The van der Waals surface area contributed by atoms with E-state index in [0.29, 0.717) is 0 Å². The van der Waals surface area contributed by atoms with Crippen LogP contribution in [0.3, 0.4) is 0 Å². The molecule has 0 N–H and O–H groups in total. The molecule has 0 aromatic rings. The Morgan fingerprint density at radius 3 is 1.53 bits per heavy atom. The first kappa shape index (κ1) is 15.0. The van der Waals surface area contributed by atoms with Crippen LogP contribution in [0.5, 0.6) is 0 Å². The predicted molar refractivity (Wildman–Crippen MR) is 69.1 cm³/mol. The summed E-state index contributed by atoms with van der Waals surface area (Å²) in [5.74, 6) is 0. The van der Waals surface area contributed by atoms with Crippen molar-refractivity contribution in [2.24, 2.45) is 0 Å². The first-order valence-electron chi connectivity index (χ1n) is 5.69. The van der Waals surface area contributed by atoms with E-state index in [0.717, 1.165) is 26.1 Å². The van der Waals surface area contributed by atoms with Gasteiger partial charge in [-0.15, -0.1) is 0 Å². The summed E-state index contributed by atoms with van der Waals surface area (Å²) >= 11 is 0. The highest BCUT2D eigenvalue weighted by molar-refractivity contribution is 7.96. The maximum Gasteiger partial charge on any atom is 0.0438 e. The third kappa shape index (κ3) is 3.24. The lowest BCUT2D eigenvalue weighted by molar-refractivity contribution is 0.368. The van der Waals surface area contributed by atoms with Gasteiger partial charge in [-0.25, -0.2) is 17.1 Å². The summed E-state index contributed by atoms with van der Waals surface area (Å²) in [5, 5.41) is 0. The monoisotopic (exact) mass is 237 g/mol. The normalized spacial score (nSPS) is 14.2. The quantitative estimate of drug-likeness (QED) is 0.657. The molecule has 0 amide bonds. The molecule has 15 heavy (non-hydrogen) atoms. The Labute approximate surface area is 96.1 Å². The maximum absolute atomic E-state index is 12.9. The Hall–Kier alpha value is 0.0300. The second-order valence-electron chi connectivity index (χ2n) is 3.84. The van der Waals surface area contributed by atoms with E-state index < -0.39 is 10.5 Å². The molecule has 0 spiro atoms. The van der Waals surface area contributed by atoms with Crippen molar-refractivity contribution in [2.75, 3.05) is 40.8 Å². The molecule has 0 heterocycles. The second kappa shape index (κ2) is 6.58. The minimum Gasteiger partial charge on any atom is -0.242 e. The van der Waals surface area contributed by atoms with Gasteiger partial charge in [-0.05, 0) is 6.42 Å². The number of rotatable bonds is 7. The van der Waals surface area contributed by atoms with Crippen molar-refractivity contribution in [3.05, 3.63) is 0 Å². The van der Waals surface area contributed by atoms with Gasteiger partial charge in [0.2, 0.25) is 0 Å². The molecule has 0 saturated heterocycles. The van der Waals surface area contributed by atoms with Crippen LogP contribution in [0.4, 0.5) is 0 Å². The third-order valence-corrected chi connectivity index (χ3v) is 6.23. The molecule has 0 unspecified atom stereocenters. The molecule has 4 nitrogen and oxygen atoms in total. The van der Waals surface area contributed by atoms with Crippen molar-refractivity contribution in [3.8, 4) is 0 Å². The van der Waals surface area contributed by atoms with Crippen LogP contribution in [0.15, 0.2) is 0 Å². The van der Waals surface area contributed by atoms with E-state index >= 15 is 0 Å². The molecule has 0 aliphatic rings. The summed E-state index contributed by atoms with van der Waals surface area (Å²) in [6, 6.07) is 0. The van der Waals surface area contributed by atoms with E-state index in [9.17, 15) is 4.21 Å². The largest absolute Gasteiger partial charge is 0.242 e. The van der Waals surface area contributed by atoms with E-state index in [4.69, 9.17) is 0 Å². The van der Waals surface area contributed by atoms with Gasteiger partial charge in [0, 0.05) is 51.3 Å². The van der Waals surface area contributed by atoms with E-state index in [1.54, 1.807) is 0 Å². The predicted octanol–water partition coefficient (Wildman–Crippen LogP) is 0.993. The van der Waals surface area contributed by atoms with Crippen molar-refractivity contribution in [3.63, 3.8) is 0 Å². The fourth-order valence-corrected chi connectivity index (χ4v) is 4.37. The second-order valence-corrected chi connectivity index (χ2v) is 6.92. The fourth-order valence-electron chi connectivity index (χ4n) is 1.60. The van der Waals surface area contributed by atoms with Crippen LogP contribution in [-0.2, 0) is 10.5 Å². The first-order chi connectivity index (χ1) is 6.94. The first-order valence-corrected chi connectivity index (χ1v) is 7.26. The molecule has 0 atom stereocenters. The molecule has 0 aliphatic carbocycles. The molecule has 5 heteroatoms. The lowest BCUT2D eigenvalue weighted by atomic mass is 10.5. The minimum atomic E-state index is -2.51. The molecule has 0 aromatic carbocycles. The van der Waals surface area contributed by atoms with Gasteiger partial charge in [0.15, 0.2) is 0 Å². The van der Waals surface area contributed by atoms with Gasteiger partial charge in [-0.1, -0.05) is 20.8 Å². The molecular formula is C10H27N3OS. The van der Waals surface area contributed by atoms with E-state index in [1.807, 2.05) is 47.9 Å². The van der Waals surface area contributed by atoms with Crippen LogP contribution in [-0.4, -0.2) is 57.9 Å². The average Bonchev–Trinajstić information content (AvgIpc) is 2.25. The van der Waals surface area contributed by atoms with Crippen LogP contribution in [0.25, 0.3) is 0 Å². The molecule has 0 aromatic heterocycles. The van der Waals surface area contributed by atoms with Gasteiger partial charge in [0.05, 0.1) is 0 Å². The SMILES string of the molecule is CCCN(C)[SH](=O)(N(C)CC)N(C)CC. The van der Waals surface area contributed by atoms with Crippen molar-refractivity contribution in [2.45, 2.75) is 27.2 Å². The fraction of sp³-hybridized carbons (Fsp3) is 1.00. The van der Waals surface area contributed by atoms with E-state index in [1.165, 1.54) is 0 Å². The van der Waals surface area contributed by atoms with Crippen molar-refractivity contribution < 1.29 is 4.21 Å². The Morgan fingerprint density at radius 1 is 0.867 bits per heavy atom. The zero-order valence-electron chi connectivity index (χ0n) is 11.0. The van der Waals surface area contributed by atoms with Crippen LogP contribution < -0.4 is 0 Å². The number of thiol groups is 1. The molecular weight excluding hydrogens is 210 g/mol. The van der Waals surface area contributed by atoms with Crippen LogP contribution in [0.1, 0.15) is 27.2 Å². The Bertz CT molecular complexity index is 209. The molecule has 0 fully saturated rings. The zero-order chi connectivity index (χ0) is 12.1. The van der Waals surface area contributed by atoms with Gasteiger partial charge in [-0.2, -0.15) is 0 Å². The molecule has 0 saturated carbocycles. The summed E-state index contributed by atoms with van der Waals surface area (Å²) in [6.45, 7) is 8.65. The summed E-state index contributed by atoms with van der Waals surface area (Å²) in [4.78, 5) is 0. The van der Waals surface area contributed by atoms with E-state index in [2.05, 4.69) is 6.92 Å². The molecule has 0 rings (SSSR count). The Kier molecular flexibility index (Phi) is 6.59. The molecule has 0 radical (unpaired) electrons. The van der Waals surface area contributed by atoms with Crippen molar-refractivity contribution in [1.29, 1.82) is 0 Å². The van der Waals surface area contributed by atoms with Gasteiger partial charge in [0.25, 0.3) is 0 Å². The standard InChI is InChI=1S/C10H27N3OS/c1-7-10-13(6)15(14,11(4)8-2)12(5)9-3/h15H,7-10H2,1-6H3. The number of nitrogens with zero attached hydrogens (tertiary/aromatic N) is 3. The molecule has 94 valence electrons. The van der Waals surface area contributed by atoms with E-state index in [-0.39, 0.29) is 0 Å². The summed E-state index contributed by atoms with van der Waals surface area (Å²) in [5.41, 5.74) is 0. The van der Waals surface area contributed by atoms with Crippen molar-refractivity contribution in [1.82, 2.24) is 12.9 Å². The average molecular weight is 237 g/mol. The van der Waals surface area contributed by atoms with Gasteiger partial charge in [-0.3, -0.25) is 0 Å². The van der Waals surface area contributed by atoms with Crippen molar-refractivity contribution >= 4 is 10.5 Å². The number of hydrogen-bond donors (Lipinski definition) is 1.